The number of carbonyl (C=O) groups excluding carboxylic acids is 2. The van der Waals surface area contributed by atoms with Crippen LogP contribution < -0.4 is 4.90 Å². The molecule has 8 heteroatoms. The summed E-state index contributed by atoms with van der Waals surface area (Å²) >= 11 is 0. The third-order valence-electron chi connectivity index (χ3n) is 4.23. The molecule has 0 saturated carbocycles. The zero-order chi connectivity index (χ0) is 21.6. The molecular formula is C21H32N4O4. The van der Waals surface area contributed by atoms with Crippen LogP contribution in [-0.4, -0.2) is 65.3 Å². The summed E-state index contributed by atoms with van der Waals surface area (Å²) in [4.78, 5) is 33.7. The Hall–Kier alpha value is -2.77. The second-order valence-corrected chi connectivity index (χ2v) is 7.90. The maximum atomic E-state index is 12.1. The van der Waals surface area contributed by atoms with E-state index in [4.69, 9.17) is 4.74 Å². The van der Waals surface area contributed by atoms with E-state index in [1.807, 2.05) is 33.8 Å². The van der Waals surface area contributed by atoms with Gasteiger partial charge < -0.3 is 24.3 Å². The summed E-state index contributed by atoms with van der Waals surface area (Å²) in [6.07, 6.45) is -0.225. The molecule has 1 aromatic heterocycles. The van der Waals surface area contributed by atoms with Crippen molar-refractivity contribution in [1.29, 1.82) is 0 Å². The van der Waals surface area contributed by atoms with Gasteiger partial charge in [-0.3, -0.25) is 4.79 Å². The average Bonchev–Trinajstić information content (AvgIpc) is 3.00. The normalized spacial score (nSPS) is 14.3. The van der Waals surface area contributed by atoms with Crippen molar-refractivity contribution < 1.29 is 19.1 Å². The third-order valence-corrected chi connectivity index (χ3v) is 4.23. The van der Waals surface area contributed by atoms with Gasteiger partial charge in [0.15, 0.2) is 0 Å². The van der Waals surface area contributed by atoms with Crippen molar-refractivity contribution in [2.75, 3.05) is 37.7 Å². The number of aryl methyl sites for hydroxylation is 1. The summed E-state index contributed by atoms with van der Waals surface area (Å²) in [7, 11) is 0. The fourth-order valence-electron chi connectivity index (χ4n) is 3.00. The van der Waals surface area contributed by atoms with Crippen LogP contribution in [0, 0.1) is 6.92 Å². The number of ether oxygens (including phenoxy) is 2. The predicted octanol–water partition coefficient (Wildman–Crippen LogP) is 3.50. The Kier molecular flexibility index (Phi) is 7.47. The molecule has 1 aliphatic heterocycles. The number of piperazine rings is 1. The summed E-state index contributed by atoms with van der Waals surface area (Å²) in [5.41, 5.74) is 2.75. The molecule has 0 bridgehead atoms. The number of esters is 1. The van der Waals surface area contributed by atoms with Crippen molar-refractivity contribution in [3.05, 3.63) is 24.0 Å². The zero-order valence-electron chi connectivity index (χ0n) is 18.2. The lowest BCUT2D eigenvalue weighted by molar-refractivity contribution is -0.140. The van der Waals surface area contributed by atoms with Gasteiger partial charge in [0.05, 0.1) is 17.6 Å². The number of amides is 1. The molecule has 2 aromatic rings. The molecule has 0 spiro atoms. The summed E-state index contributed by atoms with van der Waals surface area (Å²) in [6, 6.07) is 6.25. The average molecular weight is 405 g/mol. The SMILES string of the molecule is CCOC(C)=O.Cc1nc2ccc(N3CCN(C(=O)OC(C)(C)C)CC3)cc2[nH]1. The molecule has 160 valence electrons. The van der Waals surface area contributed by atoms with Gasteiger partial charge in [-0.15, -0.1) is 0 Å². The van der Waals surface area contributed by atoms with Crippen LogP contribution in [0.4, 0.5) is 10.5 Å². The van der Waals surface area contributed by atoms with Gasteiger partial charge in [-0.05, 0) is 52.8 Å². The summed E-state index contributed by atoms with van der Waals surface area (Å²) < 4.78 is 9.84. The topological polar surface area (TPSA) is 87.8 Å². The highest BCUT2D eigenvalue weighted by atomic mass is 16.6. The molecule has 1 aromatic carbocycles. The van der Waals surface area contributed by atoms with E-state index in [2.05, 4.69) is 31.7 Å². The Balaban J connectivity index is 0.000000438. The van der Waals surface area contributed by atoms with Crippen molar-refractivity contribution >= 4 is 28.8 Å². The van der Waals surface area contributed by atoms with Crippen LogP contribution in [0.5, 0.6) is 0 Å². The molecule has 3 rings (SSSR count). The van der Waals surface area contributed by atoms with Crippen LogP contribution in [0.25, 0.3) is 11.0 Å². The Labute approximate surface area is 172 Å². The standard InChI is InChI=1S/C17H24N4O2.C4H8O2/c1-12-18-14-6-5-13(11-15(14)19-12)20-7-9-21(10-8-20)16(22)23-17(2,3)4;1-3-6-4(2)5/h5-6,11H,7-10H2,1-4H3,(H,18,19);3H2,1-2H3. The number of nitrogens with zero attached hydrogens (tertiary/aromatic N) is 3. The minimum atomic E-state index is -0.447. The molecule has 1 amide bonds. The lowest BCUT2D eigenvalue weighted by Crippen LogP contribution is -2.50. The summed E-state index contributed by atoms with van der Waals surface area (Å²) in [5.74, 6) is 0.712. The minimum absolute atomic E-state index is 0.211. The molecule has 2 heterocycles. The highest BCUT2D eigenvalue weighted by Crippen LogP contribution is 2.22. The predicted molar refractivity (Wildman–Crippen MR) is 113 cm³/mol. The highest BCUT2D eigenvalue weighted by molar-refractivity contribution is 5.79. The van der Waals surface area contributed by atoms with E-state index in [-0.39, 0.29) is 12.1 Å². The first-order valence-corrected chi connectivity index (χ1v) is 9.91. The summed E-state index contributed by atoms with van der Waals surface area (Å²) in [5, 5.41) is 0. The molecular weight excluding hydrogens is 372 g/mol. The fraction of sp³-hybridized carbons (Fsp3) is 0.571. The first-order chi connectivity index (χ1) is 13.6. The quantitative estimate of drug-likeness (QED) is 0.771. The smallest absolute Gasteiger partial charge is 0.410 e. The molecule has 1 aliphatic rings. The van der Waals surface area contributed by atoms with Crippen LogP contribution in [0.15, 0.2) is 18.2 Å². The Morgan fingerprint density at radius 2 is 1.83 bits per heavy atom. The van der Waals surface area contributed by atoms with Crippen molar-refractivity contribution in [2.24, 2.45) is 0 Å². The number of anilines is 1. The van der Waals surface area contributed by atoms with Crippen molar-refractivity contribution in [1.82, 2.24) is 14.9 Å². The Bertz CT molecular complexity index is 833. The lowest BCUT2D eigenvalue weighted by atomic mass is 10.2. The van der Waals surface area contributed by atoms with Crippen LogP contribution in [-0.2, 0) is 14.3 Å². The summed E-state index contributed by atoms with van der Waals surface area (Å²) in [6.45, 7) is 14.2. The van der Waals surface area contributed by atoms with E-state index in [0.717, 1.165) is 35.6 Å². The number of H-pyrrole nitrogens is 1. The number of fused-ring (bicyclic) bond motifs is 1. The van der Waals surface area contributed by atoms with E-state index >= 15 is 0 Å². The molecule has 1 fully saturated rings. The van der Waals surface area contributed by atoms with E-state index in [1.165, 1.54) is 6.92 Å². The first-order valence-electron chi connectivity index (χ1n) is 9.91. The monoisotopic (exact) mass is 404 g/mol. The Morgan fingerprint density at radius 1 is 1.17 bits per heavy atom. The van der Waals surface area contributed by atoms with E-state index in [0.29, 0.717) is 19.7 Å². The van der Waals surface area contributed by atoms with Gasteiger partial charge in [-0.25, -0.2) is 9.78 Å². The Morgan fingerprint density at radius 3 is 2.34 bits per heavy atom. The number of carbonyl (C=O) groups is 2. The molecule has 0 radical (unpaired) electrons. The first kappa shape index (κ1) is 22.5. The largest absolute Gasteiger partial charge is 0.466 e. The van der Waals surface area contributed by atoms with Gasteiger partial charge in [0.2, 0.25) is 0 Å². The fourth-order valence-corrected chi connectivity index (χ4v) is 3.00. The number of imidazole rings is 1. The molecule has 1 saturated heterocycles. The second kappa shape index (κ2) is 9.62. The maximum Gasteiger partial charge on any atom is 0.410 e. The van der Waals surface area contributed by atoms with E-state index in [1.54, 1.807) is 11.8 Å². The molecule has 0 aliphatic carbocycles. The number of hydrogen-bond donors (Lipinski definition) is 1. The van der Waals surface area contributed by atoms with Gasteiger partial charge in [-0.2, -0.15) is 0 Å². The van der Waals surface area contributed by atoms with Crippen LogP contribution >= 0.6 is 0 Å². The van der Waals surface area contributed by atoms with Crippen LogP contribution in [0.2, 0.25) is 0 Å². The van der Waals surface area contributed by atoms with E-state index < -0.39 is 5.60 Å². The number of nitrogens with one attached hydrogen (secondary N) is 1. The number of hydrogen-bond acceptors (Lipinski definition) is 6. The second-order valence-electron chi connectivity index (χ2n) is 7.90. The van der Waals surface area contributed by atoms with Crippen molar-refractivity contribution in [2.45, 2.75) is 47.1 Å². The van der Waals surface area contributed by atoms with Crippen molar-refractivity contribution in [3.63, 3.8) is 0 Å². The lowest BCUT2D eigenvalue weighted by Gasteiger charge is -2.36. The molecule has 1 N–H and O–H groups in total. The number of rotatable bonds is 2. The van der Waals surface area contributed by atoms with Crippen LogP contribution in [0.1, 0.15) is 40.4 Å². The van der Waals surface area contributed by atoms with Gasteiger partial charge in [0, 0.05) is 38.8 Å². The maximum absolute atomic E-state index is 12.1. The highest BCUT2D eigenvalue weighted by Gasteiger charge is 2.26. The zero-order valence-corrected chi connectivity index (χ0v) is 18.2. The number of aromatic nitrogens is 2. The molecule has 0 atom stereocenters. The molecule has 8 nitrogen and oxygen atoms in total. The van der Waals surface area contributed by atoms with Crippen LogP contribution in [0.3, 0.4) is 0 Å². The molecule has 29 heavy (non-hydrogen) atoms. The minimum Gasteiger partial charge on any atom is -0.466 e. The number of aromatic amines is 1. The van der Waals surface area contributed by atoms with Gasteiger partial charge in [0.25, 0.3) is 0 Å². The van der Waals surface area contributed by atoms with Gasteiger partial charge in [-0.1, -0.05) is 0 Å². The van der Waals surface area contributed by atoms with Gasteiger partial charge >= 0.3 is 12.1 Å². The third kappa shape index (κ3) is 6.96. The van der Waals surface area contributed by atoms with Crippen molar-refractivity contribution in [3.8, 4) is 0 Å². The van der Waals surface area contributed by atoms with E-state index in [9.17, 15) is 9.59 Å². The number of benzene rings is 1. The molecule has 0 unspecified atom stereocenters. The van der Waals surface area contributed by atoms with Gasteiger partial charge in [0.1, 0.15) is 11.4 Å².